The predicted octanol–water partition coefficient (Wildman–Crippen LogP) is 4.27. The first-order chi connectivity index (χ1) is 9.19. The highest BCUT2D eigenvalue weighted by Gasteiger charge is 2.07. The zero-order valence-corrected chi connectivity index (χ0v) is 12.1. The van der Waals surface area contributed by atoms with Gasteiger partial charge in [-0.1, -0.05) is 30.1 Å². The van der Waals surface area contributed by atoms with E-state index in [9.17, 15) is 0 Å². The van der Waals surface area contributed by atoms with E-state index in [1.807, 2.05) is 13.0 Å². The van der Waals surface area contributed by atoms with Crippen LogP contribution in [0.25, 0.3) is 0 Å². The topological polar surface area (TPSA) is 34.4 Å². The first kappa shape index (κ1) is 14.3. The second-order valence-electron chi connectivity index (χ2n) is 4.04. The second kappa shape index (κ2) is 6.85. The van der Waals surface area contributed by atoms with Crippen molar-refractivity contribution in [3.8, 4) is 5.75 Å². The van der Waals surface area contributed by atoms with E-state index in [-0.39, 0.29) is 0 Å². The van der Waals surface area contributed by atoms with E-state index in [4.69, 9.17) is 32.4 Å². The number of halogens is 2. The molecule has 1 N–H and O–H groups in total. The molecule has 1 aromatic carbocycles. The first-order valence-corrected chi connectivity index (χ1v) is 6.79. The Morgan fingerprint density at radius 3 is 2.63 bits per heavy atom. The van der Waals surface area contributed by atoms with Gasteiger partial charge in [-0.3, -0.25) is 0 Å². The first-order valence-electron chi connectivity index (χ1n) is 6.04. The molecular formula is C14H15Cl2NO2. The summed E-state index contributed by atoms with van der Waals surface area (Å²) in [7, 11) is 0. The zero-order chi connectivity index (χ0) is 13.7. The molecule has 1 aromatic heterocycles. The summed E-state index contributed by atoms with van der Waals surface area (Å²) in [5.41, 5.74) is 1.01. The van der Waals surface area contributed by atoms with Crippen LogP contribution in [0, 0.1) is 0 Å². The highest BCUT2D eigenvalue weighted by atomic mass is 35.5. The third kappa shape index (κ3) is 4.16. The fourth-order valence-corrected chi connectivity index (χ4v) is 2.17. The molecule has 0 aliphatic carbocycles. The number of nitrogens with one attached hydrogen (secondary N) is 1. The molecule has 0 fully saturated rings. The lowest BCUT2D eigenvalue weighted by atomic mass is 10.2. The van der Waals surface area contributed by atoms with Crippen LogP contribution >= 0.6 is 23.2 Å². The maximum absolute atomic E-state index is 5.92. The monoisotopic (exact) mass is 299 g/mol. The molecule has 19 heavy (non-hydrogen) atoms. The van der Waals surface area contributed by atoms with Crippen molar-refractivity contribution in [2.75, 3.05) is 6.54 Å². The van der Waals surface area contributed by atoms with Gasteiger partial charge in [0, 0.05) is 15.6 Å². The van der Waals surface area contributed by atoms with Crippen molar-refractivity contribution in [2.24, 2.45) is 0 Å². The van der Waals surface area contributed by atoms with Crippen molar-refractivity contribution in [1.82, 2.24) is 5.32 Å². The number of hydrogen-bond acceptors (Lipinski definition) is 3. The predicted molar refractivity (Wildman–Crippen MR) is 76.9 cm³/mol. The minimum atomic E-state index is 0.425. The molecule has 0 aliphatic rings. The van der Waals surface area contributed by atoms with Gasteiger partial charge in [0.05, 0.1) is 12.8 Å². The van der Waals surface area contributed by atoms with E-state index in [0.29, 0.717) is 28.9 Å². The smallest absolute Gasteiger partial charge is 0.124 e. The van der Waals surface area contributed by atoms with Crippen molar-refractivity contribution in [3.05, 3.63) is 51.9 Å². The number of benzene rings is 1. The summed E-state index contributed by atoms with van der Waals surface area (Å²) in [6.45, 7) is 4.06. The van der Waals surface area contributed by atoms with Gasteiger partial charge in [-0.15, -0.1) is 0 Å². The Hall–Kier alpha value is -1.16. The third-order valence-corrected chi connectivity index (χ3v) is 3.04. The van der Waals surface area contributed by atoms with E-state index in [0.717, 1.165) is 17.9 Å². The van der Waals surface area contributed by atoms with Gasteiger partial charge in [-0.05, 0) is 30.8 Å². The van der Waals surface area contributed by atoms with Gasteiger partial charge < -0.3 is 14.5 Å². The molecule has 3 nitrogen and oxygen atoms in total. The fourth-order valence-electron chi connectivity index (χ4n) is 1.66. The van der Waals surface area contributed by atoms with E-state index >= 15 is 0 Å². The Morgan fingerprint density at radius 2 is 1.95 bits per heavy atom. The summed E-state index contributed by atoms with van der Waals surface area (Å²) < 4.78 is 11.1. The standard InChI is InChI=1S/C14H15Cl2NO2/c1-2-17-8-14-10(3-4-18-14)9-19-13-6-11(15)5-12(16)7-13/h3-7,17H,2,8-9H2,1H3. The normalized spacial score (nSPS) is 10.7. The van der Waals surface area contributed by atoms with Gasteiger partial charge in [0.2, 0.25) is 0 Å². The highest BCUT2D eigenvalue weighted by Crippen LogP contribution is 2.25. The van der Waals surface area contributed by atoms with Crippen molar-refractivity contribution in [3.63, 3.8) is 0 Å². The van der Waals surface area contributed by atoms with Crippen LogP contribution in [0.2, 0.25) is 10.0 Å². The lowest BCUT2D eigenvalue weighted by Gasteiger charge is -2.07. The van der Waals surface area contributed by atoms with Crippen LogP contribution in [0.15, 0.2) is 34.9 Å². The van der Waals surface area contributed by atoms with Crippen LogP contribution in [0.5, 0.6) is 5.75 Å². The van der Waals surface area contributed by atoms with Crippen molar-refractivity contribution >= 4 is 23.2 Å². The number of furan rings is 1. The molecule has 2 aromatic rings. The second-order valence-corrected chi connectivity index (χ2v) is 4.92. The van der Waals surface area contributed by atoms with Gasteiger partial charge in [0.25, 0.3) is 0 Å². The van der Waals surface area contributed by atoms with Gasteiger partial charge in [0.1, 0.15) is 18.1 Å². The lowest BCUT2D eigenvalue weighted by Crippen LogP contribution is -2.12. The summed E-state index contributed by atoms with van der Waals surface area (Å²) >= 11 is 11.8. The van der Waals surface area contributed by atoms with Crippen molar-refractivity contribution in [2.45, 2.75) is 20.1 Å². The van der Waals surface area contributed by atoms with Crippen LogP contribution < -0.4 is 10.1 Å². The summed E-state index contributed by atoms with van der Waals surface area (Å²) in [4.78, 5) is 0. The molecule has 5 heteroatoms. The van der Waals surface area contributed by atoms with Crippen LogP contribution in [-0.4, -0.2) is 6.54 Å². The molecule has 2 rings (SSSR count). The maximum Gasteiger partial charge on any atom is 0.124 e. The van der Waals surface area contributed by atoms with Gasteiger partial charge >= 0.3 is 0 Å². The number of hydrogen-bond donors (Lipinski definition) is 1. The molecule has 0 saturated heterocycles. The number of rotatable bonds is 6. The quantitative estimate of drug-likeness (QED) is 0.865. The largest absolute Gasteiger partial charge is 0.489 e. The third-order valence-electron chi connectivity index (χ3n) is 2.60. The average molecular weight is 300 g/mol. The van der Waals surface area contributed by atoms with E-state index < -0.39 is 0 Å². The Labute approximate surface area is 122 Å². The zero-order valence-electron chi connectivity index (χ0n) is 10.6. The minimum Gasteiger partial charge on any atom is -0.489 e. The molecule has 0 amide bonds. The molecule has 0 unspecified atom stereocenters. The molecule has 0 atom stereocenters. The average Bonchev–Trinajstić information content (AvgIpc) is 2.80. The van der Waals surface area contributed by atoms with Gasteiger partial charge in [-0.25, -0.2) is 0 Å². The fraction of sp³-hybridized carbons (Fsp3) is 0.286. The van der Waals surface area contributed by atoms with E-state index in [1.54, 1.807) is 24.5 Å². The molecule has 102 valence electrons. The lowest BCUT2D eigenvalue weighted by molar-refractivity contribution is 0.301. The Morgan fingerprint density at radius 1 is 1.21 bits per heavy atom. The summed E-state index contributed by atoms with van der Waals surface area (Å²) in [5, 5.41) is 4.33. The van der Waals surface area contributed by atoms with E-state index in [1.165, 1.54) is 0 Å². The van der Waals surface area contributed by atoms with Crippen molar-refractivity contribution < 1.29 is 9.15 Å². The summed E-state index contributed by atoms with van der Waals surface area (Å²) in [6, 6.07) is 7.04. The Kier molecular flexibility index (Phi) is 5.14. The maximum atomic E-state index is 5.92. The Bertz CT molecular complexity index is 520. The molecule has 1 heterocycles. The molecule has 0 bridgehead atoms. The number of ether oxygens (including phenoxy) is 1. The van der Waals surface area contributed by atoms with Gasteiger partial charge in [-0.2, -0.15) is 0 Å². The van der Waals surface area contributed by atoms with Crippen molar-refractivity contribution in [1.29, 1.82) is 0 Å². The highest BCUT2D eigenvalue weighted by molar-refractivity contribution is 6.34. The SMILES string of the molecule is CCNCc1occc1COc1cc(Cl)cc(Cl)c1. The minimum absolute atomic E-state index is 0.425. The molecule has 0 saturated carbocycles. The van der Waals surface area contributed by atoms with Crippen LogP contribution in [0.4, 0.5) is 0 Å². The molecule has 0 spiro atoms. The van der Waals surface area contributed by atoms with Gasteiger partial charge in [0.15, 0.2) is 0 Å². The van der Waals surface area contributed by atoms with Crippen LogP contribution in [0.3, 0.4) is 0 Å². The van der Waals surface area contributed by atoms with Crippen LogP contribution in [-0.2, 0) is 13.2 Å². The molecule has 0 aliphatic heterocycles. The summed E-state index contributed by atoms with van der Waals surface area (Å²) in [6.07, 6.45) is 1.66. The van der Waals surface area contributed by atoms with E-state index in [2.05, 4.69) is 5.32 Å². The Balaban J connectivity index is 2.00. The summed E-state index contributed by atoms with van der Waals surface area (Å²) in [5.74, 6) is 1.53. The van der Waals surface area contributed by atoms with Crippen LogP contribution in [0.1, 0.15) is 18.2 Å². The molecular weight excluding hydrogens is 285 g/mol. The molecule has 0 radical (unpaired) electrons.